The van der Waals surface area contributed by atoms with E-state index in [0.29, 0.717) is 6.61 Å². The Morgan fingerprint density at radius 3 is 2.45 bits per heavy atom. The number of nitrogens with zero attached hydrogens (tertiary/aromatic N) is 1. The molecule has 0 aliphatic carbocycles. The van der Waals surface area contributed by atoms with Crippen molar-refractivity contribution in [2.75, 3.05) is 11.9 Å². The molecule has 0 amide bonds. The molecule has 2 rings (SSSR count). The van der Waals surface area contributed by atoms with Gasteiger partial charge in [-0.25, -0.2) is 4.98 Å². The largest absolute Gasteiger partial charge is 0.488 e. The maximum absolute atomic E-state index is 5.91. The lowest BCUT2D eigenvalue weighted by molar-refractivity contribution is 0.301. The first-order chi connectivity index (χ1) is 9.70. The van der Waals surface area contributed by atoms with Crippen LogP contribution in [0.4, 0.5) is 5.82 Å². The number of anilines is 1. The standard InChI is InChI=1S/C17H22N2O/c1-4-10-18-16-9-8-15(11-19-16)12-20-17-13(2)6-5-7-14(17)3/h5-9,11H,4,10,12H2,1-3H3,(H,18,19). The van der Waals surface area contributed by atoms with E-state index < -0.39 is 0 Å². The van der Waals surface area contributed by atoms with Crippen LogP contribution in [0.2, 0.25) is 0 Å². The van der Waals surface area contributed by atoms with Gasteiger partial charge < -0.3 is 10.1 Å². The molecular formula is C17H22N2O. The molecule has 0 radical (unpaired) electrons. The molecule has 0 saturated carbocycles. The van der Waals surface area contributed by atoms with Crippen LogP contribution >= 0.6 is 0 Å². The van der Waals surface area contributed by atoms with Crippen LogP contribution in [0.5, 0.6) is 5.75 Å². The molecule has 106 valence electrons. The fourth-order valence-corrected chi connectivity index (χ4v) is 2.05. The van der Waals surface area contributed by atoms with Crippen LogP contribution in [0.25, 0.3) is 0 Å². The van der Waals surface area contributed by atoms with Crippen molar-refractivity contribution >= 4 is 5.82 Å². The average molecular weight is 270 g/mol. The van der Waals surface area contributed by atoms with Crippen LogP contribution in [0.3, 0.4) is 0 Å². The summed E-state index contributed by atoms with van der Waals surface area (Å²) in [7, 11) is 0. The van der Waals surface area contributed by atoms with Crippen molar-refractivity contribution in [2.24, 2.45) is 0 Å². The fraction of sp³-hybridized carbons (Fsp3) is 0.353. The van der Waals surface area contributed by atoms with Gasteiger partial charge in [-0.15, -0.1) is 0 Å². The number of hydrogen-bond acceptors (Lipinski definition) is 3. The third kappa shape index (κ3) is 3.73. The highest BCUT2D eigenvalue weighted by Crippen LogP contribution is 2.23. The van der Waals surface area contributed by atoms with Crippen LogP contribution < -0.4 is 10.1 Å². The lowest BCUT2D eigenvalue weighted by atomic mass is 10.1. The minimum absolute atomic E-state index is 0.548. The molecule has 1 N–H and O–H groups in total. The predicted molar refractivity (Wildman–Crippen MR) is 83.3 cm³/mol. The minimum atomic E-state index is 0.548. The number of benzene rings is 1. The molecule has 0 aliphatic rings. The Hall–Kier alpha value is -2.03. The van der Waals surface area contributed by atoms with E-state index in [-0.39, 0.29) is 0 Å². The Kier molecular flexibility index (Phi) is 4.99. The molecule has 0 bridgehead atoms. The van der Waals surface area contributed by atoms with Gasteiger partial charge in [0, 0.05) is 18.3 Å². The summed E-state index contributed by atoms with van der Waals surface area (Å²) in [4.78, 5) is 4.38. The molecule has 0 aliphatic heterocycles. The molecule has 3 heteroatoms. The summed E-state index contributed by atoms with van der Waals surface area (Å²) in [5, 5.41) is 3.26. The van der Waals surface area contributed by atoms with E-state index in [2.05, 4.69) is 49.3 Å². The van der Waals surface area contributed by atoms with Gasteiger partial charge in [-0.3, -0.25) is 0 Å². The van der Waals surface area contributed by atoms with Crippen LogP contribution in [0.1, 0.15) is 30.0 Å². The summed E-state index contributed by atoms with van der Waals surface area (Å²) in [6.07, 6.45) is 2.96. The molecule has 0 spiro atoms. The van der Waals surface area contributed by atoms with Crippen LogP contribution in [0.15, 0.2) is 36.5 Å². The second-order valence-electron chi connectivity index (χ2n) is 4.99. The van der Waals surface area contributed by atoms with Crippen molar-refractivity contribution in [1.82, 2.24) is 4.98 Å². The zero-order valence-corrected chi connectivity index (χ0v) is 12.4. The number of para-hydroxylation sites is 1. The molecule has 2 aromatic rings. The predicted octanol–water partition coefficient (Wildman–Crippen LogP) is 4.10. The van der Waals surface area contributed by atoms with E-state index in [9.17, 15) is 0 Å². The molecule has 0 atom stereocenters. The third-order valence-corrected chi connectivity index (χ3v) is 3.17. The van der Waals surface area contributed by atoms with Gasteiger partial charge in [0.1, 0.15) is 18.2 Å². The summed E-state index contributed by atoms with van der Waals surface area (Å²) in [5.41, 5.74) is 3.41. The number of hydrogen-bond donors (Lipinski definition) is 1. The lowest BCUT2D eigenvalue weighted by Crippen LogP contribution is -2.03. The maximum Gasteiger partial charge on any atom is 0.125 e. The van der Waals surface area contributed by atoms with Gasteiger partial charge in [0.25, 0.3) is 0 Å². The first-order valence-corrected chi connectivity index (χ1v) is 7.08. The Morgan fingerprint density at radius 1 is 1.10 bits per heavy atom. The van der Waals surface area contributed by atoms with Gasteiger partial charge in [0.2, 0.25) is 0 Å². The molecule has 1 heterocycles. The molecule has 0 unspecified atom stereocenters. The number of ether oxygens (including phenoxy) is 1. The molecule has 1 aromatic heterocycles. The highest BCUT2D eigenvalue weighted by molar-refractivity contribution is 5.40. The first-order valence-electron chi connectivity index (χ1n) is 7.08. The topological polar surface area (TPSA) is 34.1 Å². The molecule has 3 nitrogen and oxygen atoms in total. The maximum atomic E-state index is 5.91. The Bertz CT molecular complexity index is 529. The van der Waals surface area contributed by atoms with Crippen molar-refractivity contribution in [3.63, 3.8) is 0 Å². The minimum Gasteiger partial charge on any atom is -0.488 e. The van der Waals surface area contributed by atoms with E-state index in [0.717, 1.165) is 30.1 Å². The average Bonchev–Trinajstić information content (AvgIpc) is 2.46. The number of nitrogens with one attached hydrogen (secondary N) is 1. The van der Waals surface area contributed by atoms with Crippen molar-refractivity contribution < 1.29 is 4.74 Å². The summed E-state index contributed by atoms with van der Waals surface area (Å²) in [5.74, 6) is 1.89. The number of rotatable bonds is 6. The first kappa shape index (κ1) is 14.4. The van der Waals surface area contributed by atoms with E-state index >= 15 is 0 Å². The normalized spacial score (nSPS) is 10.3. The zero-order chi connectivity index (χ0) is 14.4. The van der Waals surface area contributed by atoms with Gasteiger partial charge in [0.05, 0.1) is 0 Å². The van der Waals surface area contributed by atoms with Gasteiger partial charge in [-0.1, -0.05) is 31.2 Å². The van der Waals surface area contributed by atoms with Gasteiger partial charge in [-0.05, 0) is 37.5 Å². The van der Waals surface area contributed by atoms with E-state index in [4.69, 9.17) is 4.74 Å². The Labute approximate surface area is 121 Å². The third-order valence-electron chi connectivity index (χ3n) is 3.17. The fourth-order valence-electron chi connectivity index (χ4n) is 2.05. The summed E-state index contributed by atoms with van der Waals surface area (Å²) >= 11 is 0. The molecule has 0 saturated heterocycles. The second-order valence-corrected chi connectivity index (χ2v) is 4.99. The summed E-state index contributed by atoms with van der Waals surface area (Å²) in [6.45, 7) is 7.77. The van der Waals surface area contributed by atoms with Crippen molar-refractivity contribution in [3.05, 3.63) is 53.2 Å². The van der Waals surface area contributed by atoms with Gasteiger partial charge in [0.15, 0.2) is 0 Å². The molecular weight excluding hydrogens is 248 g/mol. The second kappa shape index (κ2) is 6.94. The number of pyridine rings is 1. The highest BCUT2D eigenvalue weighted by atomic mass is 16.5. The van der Waals surface area contributed by atoms with E-state index in [1.54, 1.807) is 0 Å². The zero-order valence-electron chi connectivity index (χ0n) is 12.4. The van der Waals surface area contributed by atoms with Crippen molar-refractivity contribution in [2.45, 2.75) is 33.8 Å². The monoisotopic (exact) mass is 270 g/mol. The molecule has 1 aromatic carbocycles. The van der Waals surface area contributed by atoms with E-state index in [1.807, 2.05) is 18.3 Å². The van der Waals surface area contributed by atoms with Crippen LogP contribution in [-0.4, -0.2) is 11.5 Å². The molecule has 0 fully saturated rings. The smallest absolute Gasteiger partial charge is 0.125 e. The number of aryl methyl sites for hydroxylation is 2. The van der Waals surface area contributed by atoms with Crippen LogP contribution in [-0.2, 0) is 6.61 Å². The SMILES string of the molecule is CCCNc1ccc(COc2c(C)cccc2C)cn1. The Balaban J connectivity index is 1.97. The van der Waals surface area contributed by atoms with Crippen LogP contribution in [0, 0.1) is 13.8 Å². The van der Waals surface area contributed by atoms with Crippen molar-refractivity contribution in [3.8, 4) is 5.75 Å². The van der Waals surface area contributed by atoms with E-state index in [1.165, 1.54) is 11.1 Å². The highest BCUT2D eigenvalue weighted by Gasteiger charge is 2.04. The quantitative estimate of drug-likeness (QED) is 0.858. The lowest BCUT2D eigenvalue weighted by Gasteiger charge is -2.12. The van der Waals surface area contributed by atoms with Gasteiger partial charge >= 0.3 is 0 Å². The summed E-state index contributed by atoms with van der Waals surface area (Å²) < 4.78 is 5.91. The number of aromatic nitrogens is 1. The van der Waals surface area contributed by atoms with Crippen molar-refractivity contribution in [1.29, 1.82) is 0 Å². The molecule has 20 heavy (non-hydrogen) atoms. The summed E-state index contributed by atoms with van der Waals surface area (Å²) in [6, 6.07) is 10.2. The Morgan fingerprint density at radius 2 is 1.85 bits per heavy atom. The van der Waals surface area contributed by atoms with Gasteiger partial charge in [-0.2, -0.15) is 0 Å².